The van der Waals surface area contributed by atoms with Crippen LogP contribution in [0.5, 0.6) is 0 Å². The van der Waals surface area contributed by atoms with Gasteiger partial charge < -0.3 is 48.1 Å². The molecular formula is C25H52N8O3. The number of hydrogen-bond donors (Lipinski definition) is 9. The minimum atomic E-state index is -0.872. The van der Waals surface area contributed by atoms with E-state index < -0.39 is 11.5 Å². The third-order valence-corrected chi connectivity index (χ3v) is 7.43. The zero-order valence-electron chi connectivity index (χ0n) is 22.5. The average Bonchev–Trinajstić information content (AvgIpc) is 2.93. The highest BCUT2D eigenvalue weighted by atomic mass is 16.4. The van der Waals surface area contributed by atoms with Crippen molar-refractivity contribution in [3.63, 3.8) is 0 Å². The number of hydrogen-bond acceptors (Lipinski definition) is 9. The first-order valence-corrected chi connectivity index (χ1v) is 13.8. The van der Waals surface area contributed by atoms with Crippen LogP contribution >= 0.6 is 0 Å². The number of rotatable bonds is 13. The van der Waals surface area contributed by atoms with Crippen LogP contribution in [0.25, 0.3) is 0 Å². The molecule has 0 radical (unpaired) electrons. The molecule has 10 N–H and O–H groups in total. The van der Waals surface area contributed by atoms with Gasteiger partial charge in [0.05, 0.1) is 5.54 Å². The Morgan fingerprint density at radius 3 is 2.47 bits per heavy atom. The number of amides is 1. The zero-order chi connectivity index (χ0) is 26.3. The molecule has 11 heteroatoms. The lowest BCUT2D eigenvalue weighted by atomic mass is 9.76. The van der Waals surface area contributed by atoms with Crippen molar-refractivity contribution >= 4 is 11.9 Å². The fraction of sp³-hybridized carbons (Fsp3) is 0.920. The van der Waals surface area contributed by atoms with Crippen LogP contribution in [0.3, 0.4) is 0 Å². The lowest BCUT2D eigenvalue weighted by Crippen LogP contribution is -2.65. The lowest BCUT2D eigenvalue weighted by molar-refractivity contribution is -0.137. The number of nitrogens with two attached hydrogens (primary N) is 1. The van der Waals surface area contributed by atoms with Gasteiger partial charge in [0.1, 0.15) is 0 Å². The first-order chi connectivity index (χ1) is 17.3. The van der Waals surface area contributed by atoms with E-state index in [0.717, 1.165) is 65.3 Å². The van der Waals surface area contributed by atoms with Gasteiger partial charge in [-0.3, -0.25) is 9.59 Å². The van der Waals surface area contributed by atoms with Crippen molar-refractivity contribution in [3.8, 4) is 0 Å². The van der Waals surface area contributed by atoms with Crippen LogP contribution in [-0.4, -0.2) is 108 Å². The Kier molecular flexibility index (Phi) is 14.1. The highest BCUT2D eigenvalue weighted by Gasteiger charge is 2.38. The maximum Gasteiger partial charge on any atom is 0.303 e. The molecule has 0 aromatic heterocycles. The van der Waals surface area contributed by atoms with Gasteiger partial charge in [0.25, 0.3) is 0 Å². The van der Waals surface area contributed by atoms with Gasteiger partial charge in [0.2, 0.25) is 5.91 Å². The van der Waals surface area contributed by atoms with Gasteiger partial charge in [-0.25, -0.2) is 0 Å². The van der Waals surface area contributed by atoms with Gasteiger partial charge in [-0.2, -0.15) is 0 Å². The van der Waals surface area contributed by atoms with Crippen LogP contribution in [-0.2, 0) is 9.59 Å². The van der Waals surface area contributed by atoms with Crippen LogP contribution in [0.2, 0.25) is 0 Å². The molecule has 2 heterocycles. The second-order valence-electron chi connectivity index (χ2n) is 11.1. The van der Waals surface area contributed by atoms with E-state index in [-0.39, 0.29) is 24.2 Å². The zero-order valence-corrected chi connectivity index (χ0v) is 22.5. The lowest BCUT2D eigenvalue weighted by Gasteiger charge is -2.38. The molecule has 36 heavy (non-hydrogen) atoms. The Morgan fingerprint density at radius 2 is 1.69 bits per heavy atom. The predicted molar refractivity (Wildman–Crippen MR) is 144 cm³/mol. The van der Waals surface area contributed by atoms with Crippen molar-refractivity contribution in [2.45, 2.75) is 45.1 Å². The minimum Gasteiger partial charge on any atom is -0.481 e. The van der Waals surface area contributed by atoms with E-state index in [2.05, 4.69) is 51.1 Å². The molecule has 0 saturated carbocycles. The summed E-state index contributed by atoms with van der Waals surface area (Å²) in [5.41, 5.74) is 5.13. The summed E-state index contributed by atoms with van der Waals surface area (Å²) in [5, 5.41) is 33.8. The largest absolute Gasteiger partial charge is 0.481 e. The second kappa shape index (κ2) is 16.5. The van der Waals surface area contributed by atoms with E-state index >= 15 is 0 Å². The van der Waals surface area contributed by atoms with Crippen LogP contribution in [0.15, 0.2) is 0 Å². The van der Waals surface area contributed by atoms with Gasteiger partial charge in [-0.15, -0.1) is 0 Å². The van der Waals surface area contributed by atoms with Gasteiger partial charge in [-0.1, -0.05) is 13.8 Å². The third kappa shape index (κ3) is 11.4. The monoisotopic (exact) mass is 512 g/mol. The van der Waals surface area contributed by atoms with Crippen LogP contribution in [0.4, 0.5) is 0 Å². The summed E-state index contributed by atoms with van der Waals surface area (Å²) >= 11 is 0. The Morgan fingerprint density at radius 1 is 1.00 bits per heavy atom. The Hall–Kier alpha value is -1.34. The first-order valence-electron chi connectivity index (χ1n) is 13.8. The molecule has 0 aromatic carbocycles. The number of carbonyl (C=O) groups excluding carboxylic acids is 1. The second-order valence-corrected chi connectivity index (χ2v) is 11.1. The molecule has 2 fully saturated rings. The van der Waals surface area contributed by atoms with Gasteiger partial charge in [0.15, 0.2) is 0 Å². The summed E-state index contributed by atoms with van der Waals surface area (Å²) in [7, 11) is 0. The van der Waals surface area contributed by atoms with Crippen molar-refractivity contribution in [2.24, 2.45) is 23.0 Å². The molecule has 2 aliphatic rings. The summed E-state index contributed by atoms with van der Waals surface area (Å²) < 4.78 is 0. The Labute approximate surface area is 217 Å². The van der Waals surface area contributed by atoms with E-state index in [4.69, 9.17) is 10.8 Å². The molecular weight excluding hydrogens is 460 g/mol. The topological polar surface area (TPSA) is 165 Å². The number of fused-ring (bicyclic) bond motifs is 1. The van der Waals surface area contributed by atoms with E-state index in [1.165, 1.54) is 0 Å². The quantitative estimate of drug-likeness (QED) is 0.130. The van der Waals surface area contributed by atoms with Crippen molar-refractivity contribution in [2.75, 3.05) is 85.1 Å². The molecule has 2 rings (SSSR count). The molecule has 210 valence electrons. The highest BCUT2D eigenvalue weighted by molar-refractivity contribution is 5.77. The van der Waals surface area contributed by atoms with E-state index in [1.54, 1.807) is 0 Å². The van der Waals surface area contributed by atoms with E-state index in [9.17, 15) is 9.59 Å². The number of carboxylic acids is 1. The summed E-state index contributed by atoms with van der Waals surface area (Å²) in [5.74, 6) is -0.106. The predicted octanol–water partition coefficient (Wildman–Crippen LogP) is -1.73. The van der Waals surface area contributed by atoms with Gasteiger partial charge >= 0.3 is 5.97 Å². The molecule has 11 nitrogen and oxygen atoms in total. The summed E-state index contributed by atoms with van der Waals surface area (Å²) in [6.07, 6.45) is 1.68. The number of carbonyl (C=O) groups is 2. The highest BCUT2D eigenvalue weighted by Crippen LogP contribution is 2.27. The van der Waals surface area contributed by atoms with Crippen LogP contribution in [0, 0.1) is 17.3 Å². The number of aliphatic carboxylic acids is 1. The van der Waals surface area contributed by atoms with E-state index in [0.29, 0.717) is 44.4 Å². The molecule has 2 aliphatic heterocycles. The third-order valence-electron chi connectivity index (χ3n) is 7.43. The standard InChI is InChI=1S/C25H52N8O3/c1-20(11-28-10-7-26)12-30-17-25(33-22(34)5-3-6-23(35)36)18-31-14-21-13-27-8-4-9-29-15-24(21,2)16-32-19-25/h20-21,27-32H,3-19,26H2,1-2H3,(H,33,34)(H,35,36)/t20?,21?,24?,25-/m0/s1. The normalized spacial score (nSPS) is 28.8. The number of nitrogens with one attached hydrogen (secondary N) is 7. The molecule has 0 spiro atoms. The molecule has 0 bridgehead atoms. The Balaban J connectivity index is 2.06. The van der Waals surface area contributed by atoms with Crippen molar-refractivity contribution in [3.05, 3.63) is 0 Å². The fourth-order valence-electron chi connectivity index (χ4n) is 5.14. The number of carboxylic acid groups (broad SMARTS) is 1. The minimum absolute atomic E-state index is 0.00250. The molecule has 4 atom stereocenters. The van der Waals surface area contributed by atoms with Crippen LogP contribution in [0.1, 0.15) is 39.5 Å². The smallest absolute Gasteiger partial charge is 0.303 e. The first kappa shape index (κ1) is 30.9. The van der Waals surface area contributed by atoms with Crippen molar-refractivity contribution < 1.29 is 14.7 Å². The van der Waals surface area contributed by atoms with Gasteiger partial charge in [-0.05, 0) is 69.4 Å². The summed E-state index contributed by atoms with van der Waals surface area (Å²) in [4.78, 5) is 23.8. The Bertz CT molecular complexity index is 655. The summed E-state index contributed by atoms with van der Waals surface area (Å²) in [6, 6.07) is 0. The summed E-state index contributed by atoms with van der Waals surface area (Å²) in [6.45, 7) is 15.2. The van der Waals surface area contributed by atoms with E-state index in [1.807, 2.05) is 0 Å². The van der Waals surface area contributed by atoms with Crippen molar-refractivity contribution in [1.29, 1.82) is 0 Å². The van der Waals surface area contributed by atoms with Crippen LogP contribution < -0.4 is 43.0 Å². The average molecular weight is 513 g/mol. The maximum atomic E-state index is 12.9. The van der Waals surface area contributed by atoms with Crippen molar-refractivity contribution in [1.82, 2.24) is 37.2 Å². The maximum absolute atomic E-state index is 12.9. The molecule has 3 unspecified atom stereocenters. The fourth-order valence-corrected chi connectivity index (χ4v) is 5.14. The molecule has 0 aromatic rings. The SMILES string of the molecule is CC(CNCCN)CNC[C@]1(NC(=O)CCCC(=O)O)CNCC2CNCCCNCC2(C)CNC1. The molecule has 0 aliphatic carbocycles. The van der Waals surface area contributed by atoms with Gasteiger partial charge in [0, 0.05) is 58.7 Å². The molecule has 1 amide bonds. The molecule has 2 saturated heterocycles.